The minimum Gasteiger partial charge on any atom is -0.310 e. The predicted octanol–water partition coefficient (Wildman–Crippen LogP) is 4.42. The van der Waals surface area contributed by atoms with Gasteiger partial charge in [0.15, 0.2) is 0 Å². The molecule has 0 aromatic heterocycles. The number of halogens is 1. The largest absolute Gasteiger partial charge is 0.310 e. The molecule has 0 saturated heterocycles. The van der Waals surface area contributed by atoms with Crippen molar-refractivity contribution < 1.29 is 4.92 Å². The minimum absolute atomic E-state index is 0.129. The van der Waals surface area contributed by atoms with Gasteiger partial charge < -0.3 is 5.32 Å². The standard InChI is InChI=1S/C15H21BrN2O2/c1-2-11-5-3-4-6-15(11)17-10-12-7-8-13(18(19)20)9-14(12)16/h7-9,11,15,17H,2-6,10H2,1H3. The number of hydrogen-bond donors (Lipinski definition) is 1. The van der Waals surface area contributed by atoms with Crippen LogP contribution in [0, 0.1) is 16.0 Å². The van der Waals surface area contributed by atoms with Gasteiger partial charge in [0.25, 0.3) is 5.69 Å². The summed E-state index contributed by atoms with van der Waals surface area (Å²) in [4.78, 5) is 10.4. The molecule has 2 unspecified atom stereocenters. The molecule has 2 atom stereocenters. The average molecular weight is 341 g/mol. The summed E-state index contributed by atoms with van der Waals surface area (Å²) < 4.78 is 0.808. The third-order valence-electron chi connectivity index (χ3n) is 4.24. The summed E-state index contributed by atoms with van der Waals surface area (Å²) in [6.07, 6.45) is 6.42. The first kappa shape index (κ1) is 15.4. The van der Waals surface area contributed by atoms with E-state index >= 15 is 0 Å². The van der Waals surface area contributed by atoms with Gasteiger partial charge in [0.1, 0.15) is 0 Å². The second-order valence-electron chi connectivity index (χ2n) is 5.47. The molecule has 2 rings (SSSR count). The van der Waals surface area contributed by atoms with Gasteiger partial charge in [0.2, 0.25) is 0 Å². The summed E-state index contributed by atoms with van der Waals surface area (Å²) in [5.74, 6) is 0.764. The van der Waals surface area contributed by atoms with E-state index in [9.17, 15) is 10.1 Å². The van der Waals surface area contributed by atoms with Crippen LogP contribution in [0.5, 0.6) is 0 Å². The van der Waals surface area contributed by atoms with E-state index in [0.717, 1.165) is 22.5 Å². The van der Waals surface area contributed by atoms with E-state index in [1.165, 1.54) is 32.1 Å². The fourth-order valence-electron chi connectivity index (χ4n) is 3.00. The van der Waals surface area contributed by atoms with E-state index in [0.29, 0.717) is 6.04 Å². The molecule has 20 heavy (non-hydrogen) atoms. The zero-order chi connectivity index (χ0) is 14.5. The Morgan fingerprint density at radius 1 is 1.40 bits per heavy atom. The molecule has 0 radical (unpaired) electrons. The van der Waals surface area contributed by atoms with Crippen LogP contribution in [0.2, 0.25) is 0 Å². The maximum atomic E-state index is 10.7. The van der Waals surface area contributed by atoms with E-state index in [2.05, 4.69) is 28.2 Å². The van der Waals surface area contributed by atoms with Crippen LogP contribution in [0.25, 0.3) is 0 Å². The number of rotatable bonds is 5. The lowest BCUT2D eigenvalue weighted by Crippen LogP contribution is -2.37. The minimum atomic E-state index is -0.365. The highest BCUT2D eigenvalue weighted by atomic mass is 79.9. The van der Waals surface area contributed by atoms with E-state index in [1.807, 2.05) is 6.07 Å². The summed E-state index contributed by atoms with van der Waals surface area (Å²) in [5.41, 5.74) is 1.21. The average Bonchev–Trinajstić information content (AvgIpc) is 2.46. The molecule has 0 amide bonds. The smallest absolute Gasteiger partial charge is 0.270 e. The third-order valence-corrected chi connectivity index (χ3v) is 4.97. The van der Waals surface area contributed by atoms with Gasteiger partial charge in [-0.2, -0.15) is 0 Å². The number of nitro groups is 1. The van der Waals surface area contributed by atoms with E-state index in [4.69, 9.17) is 0 Å². The molecule has 0 spiro atoms. The summed E-state index contributed by atoms with van der Waals surface area (Å²) in [7, 11) is 0. The summed E-state index contributed by atoms with van der Waals surface area (Å²) in [6.45, 7) is 3.02. The lowest BCUT2D eigenvalue weighted by molar-refractivity contribution is -0.384. The Labute approximate surface area is 128 Å². The molecule has 1 aromatic carbocycles. The van der Waals surface area contributed by atoms with Crippen molar-refractivity contribution in [3.8, 4) is 0 Å². The second-order valence-corrected chi connectivity index (χ2v) is 6.33. The highest BCUT2D eigenvalue weighted by Crippen LogP contribution is 2.28. The lowest BCUT2D eigenvalue weighted by atomic mass is 9.83. The van der Waals surface area contributed by atoms with Crippen molar-refractivity contribution in [2.45, 2.75) is 51.6 Å². The number of nitrogens with zero attached hydrogens (tertiary/aromatic N) is 1. The van der Waals surface area contributed by atoms with Crippen LogP contribution in [-0.2, 0) is 6.54 Å². The van der Waals surface area contributed by atoms with Crippen molar-refractivity contribution in [3.63, 3.8) is 0 Å². The molecule has 4 nitrogen and oxygen atoms in total. The van der Waals surface area contributed by atoms with Gasteiger partial charge in [0, 0.05) is 29.2 Å². The monoisotopic (exact) mass is 340 g/mol. The summed E-state index contributed by atoms with van der Waals surface area (Å²) >= 11 is 3.43. The van der Waals surface area contributed by atoms with Crippen LogP contribution < -0.4 is 5.32 Å². The van der Waals surface area contributed by atoms with Crippen LogP contribution in [0.1, 0.15) is 44.6 Å². The quantitative estimate of drug-likeness (QED) is 0.637. The molecule has 0 heterocycles. The molecule has 1 aliphatic carbocycles. The number of nitrogens with one attached hydrogen (secondary N) is 1. The molecular formula is C15H21BrN2O2. The van der Waals surface area contributed by atoms with Crippen LogP contribution in [0.3, 0.4) is 0 Å². The zero-order valence-electron chi connectivity index (χ0n) is 11.8. The van der Waals surface area contributed by atoms with Gasteiger partial charge in [-0.1, -0.05) is 42.1 Å². The number of non-ortho nitro benzene ring substituents is 1. The molecule has 0 bridgehead atoms. The highest BCUT2D eigenvalue weighted by Gasteiger charge is 2.23. The van der Waals surface area contributed by atoms with Crippen molar-refractivity contribution in [2.24, 2.45) is 5.92 Å². The van der Waals surface area contributed by atoms with Crippen molar-refractivity contribution in [1.29, 1.82) is 0 Å². The molecule has 1 saturated carbocycles. The molecule has 1 N–H and O–H groups in total. The third kappa shape index (κ3) is 3.79. The van der Waals surface area contributed by atoms with Crippen molar-refractivity contribution in [2.75, 3.05) is 0 Å². The van der Waals surface area contributed by atoms with Gasteiger partial charge in [0.05, 0.1) is 4.92 Å². The molecule has 1 fully saturated rings. The first-order valence-electron chi connectivity index (χ1n) is 7.28. The van der Waals surface area contributed by atoms with E-state index in [-0.39, 0.29) is 10.6 Å². The van der Waals surface area contributed by atoms with Crippen LogP contribution in [0.15, 0.2) is 22.7 Å². The lowest BCUT2D eigenvalue weighted by Gasteiger charge is -2.31. The number of hydrogen-bond acceptors (Lipinski definition) is 3. The summed E-state index contributed by atoms with van der Waals surface area (Å²) in [5, 5.41) is 14.3. The Balaban J connectivity index is 1.98. The Bertz CT molecular complexity index is 479. The van der Waals surface area contributed by atoms with Gasteiger partial charge in [-0.05, 0) is 30.4 Å². The van der Waals surface area contributed by atoms with Crippen molar-refractivity contribution in [3.05, 3.63) is 38.3 Å². The zero-order valence-corrected chi connectivity index (χ0v) is 13.4. The van der Waals surface area contributed by atoms with Crippen LogP contribution >= 0.6 is 15.9 Å². The van der Waals surface area contributed by atoms with Crippen molar-refractivity contribution >= 4 is 21.6 Å². The van der Waals surface area contributed by atoms with Gasteiger partial charge in [-0.3, -0.25) is 10.1 Å². The molecule has 110 valence electrons. The first-order chi connectivity index (χ1) is 9.61. The van der Waals surface area contributed by atoms with Crippen molar-refractivity contribution in [1.82, 2.24) is 5.32 Å². The Hall–Kier alpha value is -0.940. The van der Waals surface area contributed by atoms with Crippen LogP contribution in [-0.4, -0.2) is 11.0 Å². The summed E-state index contributed by atoms with van der Waals surface area (Å²) in [6, 6.07) is 5.56. The Kier molecular flexibility index (Phi) is 5.54. The fraction of sp³-hybridized carbons (Fsp3) is 0.600. The first-order valence-corrected chi connectivity index (χ1v) is 8.07. The Morgan fingerprint density at radius 3 is 2.80 bits per heavy atom. The SMILES string of the molecule is CCC1CCCCC1NCc1ccc([N+](=O)[O-])cc1Br. The fourth-order valence-corrected chi connectivity index (χ4v) is 3.51. The molecule has 1 aromatic rings. The maximum Gasteiger partial charge on any atom is 0.270 e. The predicted molar refractivity (Wildman–Crippen MR) is 83.7 cm³/mol. The molecule has 1 aliphatic rings. The molecular weight excluding hydrogens is 320 g/mol. The van der Waals surface area contributed by atoms with Gasteiger partial charge >= 0.3 is 0 Å². The Morgan fingerprint density at radius 2 is 2.15 bits per heavy atom. The topological polar surface area (TPSA) is 55.2 Å². The van der Waals surface area contributed by atoms with E-state index < -0.39 is 0 Å². The maximum absolute atomic E-state index is 10.7. The van der Waals surface area contributed by atoms with Crippen LogP contribution in [0.4, 0.5) is 5.69 Å². The van der Waals surface area contributed by atoms with Gasteiger partial charge in [-0.25, -0.2) is 0 Å². The second kappa shape index (κ2) is 7.18. The van der Waals surface area contributed by atoms with Gasteiger partial charge in [-0.15, -0.1) is 0 Å². The number of benzene rings is 1. The molecule has 0 aliphatic heterocycles. The highest BCUT2D eigenvalue weighted by molar-refractivity contribution is 9.10. The molecule has 5 heteroatoms. The number of nitro benzene ring substituents is 1. The van der Waals surface area contributed by atoms with E-state index in [1.54, 1.807) is 12.1 Å². The normalized spacial score (nSPS) is 22.7.